The van der Waals surface area contributed by atoms with Crippen LogP contribution in [-0.4, -0.2) is 30.2 Å². The van der Waals surface area contributed by atoms with Gasteiger partial charge in [-0.05, 0) is 43.0 Å². The van der Waals surface area contributed by atoms with Crippen LogP contribution in [0.4, 0.5) is 17.1 Å². The van der Waals surface area contributed by atoms with Gasteiger partial charge in [0.2, 0.25) is 5.91 Å². The minimum Gasteiger partial charge on any atom is -0.399 e. The quantitative estimate of drug-likeness (QED) is 0.656. The monoisotopic (exact) mass is 411 g/mol. The van der Waals surface area contributed by atoms with E-state index in [0.29, 0.717) is 12.8 Å². The second-order valence-electron chi connectivity index (χ2n) is 6.48. The third-order valence-electron chi connectivity index (χ3n) is 4.66. The molecule has 1 aliphatic heterocycles. The van der Waals surface area contributed by atoms with E-state index in [9.17, 15) is 9.90 Å². The number of hydrogen-bond acceptors (Lipinski definition) is 4. The molecular formula is C20H27Cl2N3O2. The van der Waals surface area contributed by atoms with Crippen molar-refractivity contribution in [2.75, 3.05) is 29.0 Å². The minimum absolute atomic E-state index is 0. The van der Waals surface area contributed by atoms with Gasteiger partial charge < -0.3 is 21.1 Å². The number of nitrogens with one attached hydrogen (secondary N) is 1. The fourth-order valence-electron chi connectivity index (χ4n) is 3.18. The summed E-state index contributed by atoms with van der Waals surface area (Å²) in [6.07, 6.45) is 2.32. The number of aliphatic hydroxyl groups is 1. The number of nitrogens with two attached hydrogens (primary N) is 1. The number of piperidine rings is 1. The van der Waals surface area contributed by atoms with Gasteiger partial charge in [-0.3, -0.25) is 4.79 Å². The van der Waals surface area contributed by atoms with Crippen LogP contribution in [-0.2, 0) is 11.2 Å². The highest BCUT2D eigenvalue weighted by Crippen LogP contribution is 2.28. The van der Waals surface area contributed by atoms with E-state index in [1.54, 1.807) is 0 Å². The molecule has 7 heteroatoms. The molecule has 1 amide bonds. The van der Waals surface area contributed by atoms with E-state index in [0.717, 1.165) is 48.6 Å². The summed E-state index contributed by atoms with van der Waals surface area (Å²) in [5.74, 6) is -0.0206. The number of hydrogen-bond donors (Lipinski definition) is 3. The summed E-state index contributed by atoms with van der Waals surface area (Å²) in [5.41, 5.74) is 9.49. The van der Waals surface area contributed by atoms with Crippen LogP contribution in [0.2, 0.25) is 0 Å². The summed E-state index contributed by atoms with van der Waals surface area (Å²) in [4.78, 5) is 14.6. The van der Waals surface area contributed by atoms with Gasteiger partial charge in [-0.15, -0.1) is 24.8 Å². The van der Waals surface area contributed by atoms with Crippen molar-refractivity contribution in [3.8, 4) is 0 Å². The maximum Gasteiger partial charge on any atom is 0.224 e. The van der Waals surface area contributed by atoms with Crippen molar-refractivity contribution in [3.63, 3.8) is 0 Å². The molecule has 0 saturated carbocycles. The van der Waals surface area contributed by atoms with Gasteiger partial charge in [0.15, 0.2) is 0 Å². The predicted molar refractivity (Wildman–Crippen MR) is 116 cm³/mol. The maximum absolute atomic E-state index is 12.4. The fourth-order valence-corrected chi connectivity index (χ4v) is 3.18. The van der Waals surface area contributed by atoms with E-state index in [-0.39, 0.29) is 36.8 Å². The molecule has 1 aliphatic rings. The van der Waals surface area contributed by atoms with Crippen LogP contribution < -0.4 is 16.0 Å². The van der Waals surface area contributed by atoms with Crippen molar-refractivity contribution >= 4 is 47.8 Å². The Hall–Kier alpha value is -1.95. The van der Waals surface area contributed by atoms with E-state index in [1.807, 2.05) is 48.5 Å². The standard InChI is InChI=1S/C20H25N3O2.2ClH/c21-17-6-2-1-5-15(17)9-10-20(25)22-18-7-3-4-8-19(18)23-13-11-16(24)12-14-23;;/h1-8,16,24H,9-14,21H2,(H,22,25);2*1H. The number of aliphatic hydroxyl groups excluding tert-OH is 1. The van der Waals surface area contributed by atoms with Gasteiger partial charge in [0.05, 0.1) is 17.5 Å². The van der Waals surface area contributed by atoms with E-state index >= 15 is 0 Å². The van der Waals surface area contributed by atoms with Crippen molar-refractivity contribution in [2.24, 2.45) is 0 Å². The van der Waals surface area contributed by atoms with Crippen molar-refractivity contribution in [1.82, 2.24) is 0 Å². The number of halogens is 2. The molecular weight excluding hydrogens is 385 g/mol. The predicted octanol–water partition coefficient (Wildman–Crippen LogP) is 3.64. The fraction of sp³-hybridized carbons (Fsp3) is 0.350. The molecule has 5 nitrogen and oxygen atoms in total. The Kier molecular flexibility index (Phi) is 9.43. The lowest BCUT2D eigenvalue weighted by molar-refractivity contribution is -0.116. The average Bonchev–Trinajstić information content (AvgIpc) is 2.62. The number of anilines is 3. The number of amides is 1. The Morgan fingerprint density at radius 3 is 2.41 bits per heavy atom. The van der Waals surface area contributed by atoms with Crippen molar-refractivity contribution in [3.05, 3.63) is 54.1 Å². The molecule has 2 aromatic rings. The van der Waals surface area contributed by atoms with E-state index in [2.05, 4.69) is 10.2 Å². The number of para-hydroxylation sites is 3. The topological polar surface area (TPSA) is 78.6 Å². The highest BCUT2D eigenvalue weighted by Gasteiger charge is 2.19. The highest BCUT2D eigenvalue weighted by molar-refractivity contribution is 5.94. The smallest absolute Gasteiger partial charge is 0.224 e. The lowest BCUT2D eigenvalue weighted by Gasteiger charge is -2.32. The van der Waals surface area contributed by atoms with Crippen LogP contribution in [0.1, 0.15) is 24.8 Å². The summed E-state index contributed by atoms with van der Waals surface area (Å²) < 4.78 is 0. The first kappa shape index (κ1) is 23.1. The maximum atomic E-state index is 12.4. The molecule has 0 atom stereocenters. The first-order chi connectivity index (χ1) is 12.1. The molecule has 1 heterocycles. The second kappa shape index (κ2) is 11.0. The van der Waals surface area contributed by atoms with Crippen LogP contribution in [0, 0.1) is 0 Å². The van der Waals surface area contributed by atoms with Gasteiger partial charge in [0.25, 0.3) is 0 Å². The minimum atomic E-state index is -0.214. The number of nitrogen functional groups attached to an aromatic ring is 1. The zero-order valence-electron chi connectivity index (χ0n) is 15.1. The van der Waals surface area contributed by atoms with Crippen LogP contribution in [0.25, 0.3) is 0 Å². The molecule has 1 fully saturated rings. The lowest BCUT2D eigenvalue weighted by Crippen LogP contribution is -2.36. The largest absolute Gasteiger partial charge is 0.399 e. The molecule has 0 unspecified atom stereocenters. The molecule has 1 saturated heterocycles. The van der Waals surface area contributed by atoms with Gasteiger partial charge >= 0.3 is 0 Å². The highest BCUT2D eigenvalue weighted by atomic mass is 35.5. The van der Waals surface area contributed by atoms with Gasteiger partial charge in [-0.2, -0.15) is 0 Å². The summed E-state index contributed by atoms with van der Waals surface area (Å²) in [6.45, 7) is 1.60. The van der Waals surface area contributed by atoms with Crippen LogP contribution in [0.5, 0.6) is 0 Å². The molecule has 2 aromatic carbocycles. The number of nitrogens with zero attached hydrogens (tertiary/aromatic N) is 1. The van der Waals surface area contributed by atoms with Crippen LogP contribution >= 0.6 is 24.8 Å². The van der Waals surface area contributed by atoms with Gasteiger partial charge in [0, 0.05) is 25.2 Å². The van der Waals surface area contributed by atoms with E-state index < -0.39 is 0 Å². The SMILES string of the molecule is Cl.Cl.Nc1ccccc1CCC(=O)Nc1ccccc1N1CCC(O)CC1. The Balaban J connectivity index is 0.00000182. The molecule has 0 radical (unpaired) electrons. The summed E-state index contributed by atoms with van der Waals surface area (Å²) in [5, 5.41) is 12.7. The van der Waals surface area contributed by atoms with Gasteiger partial charge in [-0.1, -0.05) is 30.3 Å². The second-order valence-corrected chi connectivity index (χ2v) is 6.48. The number of carbonyl (C=O) groups excluding carboxylic acids is 1. The van der Waals surface area contributed by atoms with Crippen molar-refractivity contribution in [1.29, 1.82) is 0 Å². The number of aryl methyl sites for hydroxylation is 1. The van der Waals surface area contributed by atoms with E-state index in [1.165, 1.54) is 0 Å². The van der Waals surface area contributed by atoms with Gasteiger partial charge in [0.1, 0.15) is 0 Å². The van der Waals surface area contributed by atoms with Gasteiger partial charge in [-0.25, -0.2) is 0 Å². The van der Waals surface area contributed by atoms with Crippen molar-refractivity contribution in [2.45, 2.75) is 31.8 Å². The van der Waals surface area contributed by atoms with Crippen molar-refractivity contribution < 1.29 is 9.90 Å². The summed E-state index contributed by atoms with van der Waals surface area (Å²) in [7, 11) is 0. The Labute approximate surface area is 172 Å². The van der Waals surface area contributed by atoms with E-state index in [4.69, 9.17) is 5.73 Å². The Morgan fingerprint density at radius 1 is 1.07 bits per heavy atom. The molecule has 3 rings (SSSR count). The zero-order valence-corrected chi connectivity index (χ0v) is 16.8. The molecule has 148 valence electrons. The van der Waals surface area contributed by atoms with Crippen LogP contribution in [0.3, 0.4) is 0 Å². The number of carbonyl (C=O) groups is 1. The number of benzene rings is 2. The zero-order chi connectivity index (χ0) is 17.6. The molecule has 0 bridgehead atoms. The molecule has 27 heavy (non-hydrogen) atoms. The third-order valence-corrected chi connectivity index (χ3v) is 4.66. The normalized spacial score (nSPS) is 14.0. The summed E-state index contributed by atoms with van der Waals surface area (Å²) in [6, 6.07) is 15.5. The molecule has 0 aromatic heterocycles. The molecule has 4 N–H and O–H groups in total. The molecule has 0 spiro atoms. The Bertz CT molecular complexity index is 735. The third kappa shape index (κ3) is 6.31. The average molecular weight is 412 g/mol. The first-order valence-electron chi connectivity index (χ1n) is 8.79. The Morgan fingerprint density at radius 2 is 1.70 bits per heavy atom. The van der Waals surface area contributed by atoms with Crippen LogP contribution in [0.15, 0.2) is 48.5 Å². The first-order valence-corrected chi connectivity index (χ1v) is 8.79. The summed E-state index contributed by atoms with van der Waals surface area (Å²) >= 11 is 0. The molecule has 0 aliphatic carbocycles. The lowest BCUT2D eigenvalue weighted by atomic mass is 10.1. The number of rotatable bonds is 5.